The highest BCUT2D eigenvalue weighted by Gasteiger charge is 2.42. The van der Waals surface area contributed by atoms with Crippen molar-refractivity contribution in [2.75, 3.05) is 0 Å². The SMILES string of the molecule is [2H]c1c([2H])c([2H])c([Si](c2c([2H])c([2H])c([2H])c([2H])c2[2H])(c2c([2H])c([2H])c([2H])c([2H])c2[2H])c2c([2H])c([2H])c([2H])c(-c3cccc4c3-[n+]3[c-]n(-c5cccc(Oc6ccc7c8ccccc8n(-c8cc(C(C)(C)C)ccn8)c7c6)c5)c5cc(-c6ccc(C(C)(C)C)cc6)cc(c53)-c3ccccc3-c3ccccc3-4)c2[2H])c([2H])c1[2H]. The summed E-state index contributed by atoms with van der Waals surface area (Å²) in [7, 11) is -6.28. The summed E-state index contributed by atoms with van der Waals surface area (Å²) in [5, 5.41) is -1.71. The van der Waals surface area contributed by atoms with E-state index >= 15 is 0 Å². The highest BCUT2D eigenvalue weighted by molar-refractivity contribution is 7.20. The lowest BCUT2D eigenvalue weighted by atomic mass is 9.85. The zero-order chi connectivity index (χ0) is 78.8. The lowest BCUT2D eigenvalue weighted by molar-refractivity contribution is -0.570. The molecule has 16 rings (SSSR count). The van der Waals surface area contributed by atoms with Gasteiger partial charge in [0.05, 0.1) is 59.5 Å². The molecule has 12 aromatic carbocycles. The highest BCUT2D eigenvalue weighted by atomic mass is 28.3. The molecule has 0 unspecified atom stereocenters. The van der Waals surface area contributed by atoms with Gasteiger partial charge in [0.1, 0.15) is 17.3 Å². The van der Waals surface area contributed by atoms with Crippen LogP contribution in [0.2, 0.25) is 0 Å². The van der Waals surface area contributed by atoms with Gasteiger partial charge < -0.3 is 4.74 Å². The molecular weight excluding hydrogens is 1130 g/mol. The Balaban J connectivity index is 1.03. The minimum atomic E-state index is -6.28. The fraction of sp³-hybridized carbons (Fsp3) is 0.0930. The second kappa shape index (κ2) is 22.2. The average molecular weight is 1220 g/mol. The summed E-state index contributed by atoms with van der Waals surface area (Å²) < 4.78 is 196. The van der Waals surface area contributed by atoms with Gasteiger partial charge in [-0.15, -0.1) is 0 Å². The summed E-state index contributed by atoms with van der Waals surface area (Å²) in [6, 6.07) is 39.4. The van der Waals surface area contributed by atoms with Crippen LogP contribution in [0.25, 0.3) is 106 Å². The molecule has 0 radical (unpaired) electrons. The molecule has 0 saturated heterocycles. The summed E-state index contributed by atoms with van der Waals surface area (Å²) in [5.41, 5.74) is 10.9. The maximum Gasteiger partial charge on any atom is 0.269 e. The van der Waals surface area contributed by atoms with Crippen LogP contribution in [-0.4, -0.2) is 22.2 Å². The number of hydrogen-bond acceptors (Lipinski definition) is 2. The Bertz CT molecular complexity index is 6280. The van der Waals surface area contributed by atoms with E-state index in [4.69, 9.17) is 13.8 Å². The van der Waals surface area contributed by atoms with Gasteiger partial charge in [0.2, 0.25) is 0 Å². The number of benzene rings is 12. The van der Waals surface area contributed by atoms with E-state index in [0.717, 1.165) is 66.6 Å². The van der Waals surface area contributed by atoms with Crippen LogP contribution in [0.3, 0.4) is 0 Å². The number of hydrogen-bond donors (Lipinski definition) is 0. The van der Waals surface area contributed by atoms with Crippen molar-refractivity contribution in [3.8, 4) is 84.3 Å². The van der Waals surface area contributed by atoms with Crippen LogP contribution in [0.5, 0.6) is 11.5 Å². The predicted octanol–water partition coefficient (Wildman–Crippen LogP) is 18.6. The number of fused-ring (bicyclic) bond motifs is 10. The largest absolute Gasteiger partial charge is 0.458 e. The molecular formula is C86H68N4OSi. The molecule has 442 valence electrons. The van der Waals surface area contributed by atoms with Gasteiger partial charge in [-0.05, 0) is 153 Å². The first-order valence-electron chi connectivity index (χ1n) is 39.9. The number of pyridine rings is 1. The van der Waals surface area contributed by atoms with Crippen molar-refractivity contribution in [2.45, 2.75) is 52.4 Å². The maximum absolute atomic E-state index is 11.1. The Labute approximate surface area is 566 Å². The molecule has 3 aromatic heterocycles. The van der Waals surface area contributed by atoms with Crippen LogP contribution in [0.4, 0.5) is 0 Å². The predicted molar refractivity (Wildman–Crippen MR) is 384 cm³/mol. The standard InChI is InChI=1S/C86H68N4OSi/c1-85(2,3)61-45-43-58(44-46-61)60-52-78-74-38-19-17-36-72(74)71-35-16-18-37-73(71)77-41-24-40-70(59-25-22-34-69(51-59)92(66-28-10-7-11-29-66,67-30-12-8-13-31-67)68-32-14-9-15-33-68)83(77)89-57-88(81(53-60)84(78)89)63-26-23-27-64(55-63)91-65-47-48-76-75-39-20-21-42-79(75)90(80(76)56-65)82-54-62(49-50-87-82)86(4,5)6/h7-56H,1-6H3/i7D,8D,9D,10D,11D,12D,13D,14D,15D,22D,25D,28D,29D,30D,31D,32D,33D,34D,51D. The van der Waals surface area contributed by atoms with Crippen LogP contribution in [-0.2, 0) is 10.8 Å². The third-order valence-electron chi connectivity index (χ3n) is 17.5. The molecule has 4 heterocycles. The van der Waals surface area contributed by atoms with E-state index < -0.39 is 149 Å². The van der Waals surface area contributed by atoms with Gasteiger partial charge in [-0.25, -0.2) is 4.98 Å². The molecule has 0 N–H and O–H groups in total. The first-order chi connectivity index (χ1) is 52.8. The minimum Gasteiger partial charge on any atom is -0.458 e. The fourth-order valence-corrected chi connectivity index (χ4v) is 16.6. The second-order valence-electron chi connectivity index (χ2n) is 25.1. The smallest absolute Gasteiger partial charge is 0.269 e. The quantitative estimate of drug-likeness (QED) is 0.0592. The summed E-state index contributed by atoms with van der Waals surface area (Å²) in [6.45, 7) is 12.9. The third kappa shape index (κ3) is 9.52. The van der Waals surface area contributed by atoms with Gasteiger partial charge in [-0.3, -0.25) is 13.7 Å². The molecule has 0 spiro atoms. The number of imidazole rings is 1. The van der Waals surface area contributed by atoms with E-state index in [2.05, 4.69) is 107 Å². The average Bonchev–Trinajstić information content (AvgIpc) is 1.20. The molecule has 0 amide bonds. The Morgan fingerprint density at radius 3 is 1.65 bits per heavy atom. The number of nitrogens with zero attached hydrogens (tertiary/aromatic N) is 4. The number of rotatable bonds is 10. The van der Waals surface area contributed by atoms with Crippen LogP contribution >= 0.6 is 0 Å². The van der Waals surface area contributed by atoms with Gasteiger partial charge >= 0.3 is 0 Å². The van der Waals surface area contributed by atoms with E-state index in [-0.39, 0.29) is 22.1 Å². The molecule has 0 bridgehead atoms. The van der Waals surface area contributed by atoms with Gasteiger partial charge in [0.25, 0.3) is 6.33 Å². The summed E-state index contributed by atoms with van der Waals surface area (Å²) in [5.74, 6) is 1.70. The molecule has 0 fully saturated rings. The Morgan fingerprint density at radius 1 is 0.424 bits per heavy atom. The van der Waals surface area contributed by atoms with Crippen LogP contribution in [0, 0.1) is 6.33 Å². The van der Waals surface area contributed by atoms with Crippen molar-refractivity contribution < 1.29 is 35.3 Å². The third-order valence-corrected chi connectivity index (χ3v) is 21.5. The molecule has 1 aliphatic heterocycles. The molecule has 1 aliphatic rings. The Hall–Kier alpha value is -10.9. The lowest BCUT2D eigenvalue weighted by Gasteiger charge is -2.34. The zero-order valence-electron chi connectivity index (χ0n) is 70.1. The lowest BCUT2D eigenvalue weighted by Crippen LogP contribution is -2.74. The summed E-state index contributed by atoms with van der Waals surface area (Å²) in [4.78, 5) is 4.91. The minimum absolute atomic E-state index is 0.0117. The zero-order valence-corrected chi connectivity index (χ0v) is 52.1. The normalized spacial score (nSPS) is 15.1. The molecule has 0 aliphatic carbocycles. The molecule has 92 heavy (non-hydrogen) atoms. The van der Waals surface area contributed by atoms with Crippen molar-refractivity contribution in [1.29, 1.82) is 0 Å². The van der Waals surface area contributed by atoms with E-state index in [1.54, 1.807) is 12.1 Å². The van der Waals surface area contributed by atoms with Gasteiger partial charge in [-0.1, -0.05) is 278 Å². The van der Waals surface area contributed by atoms with Crippen molar-refractivity contribution in [3.05, 3.63) is 320 Å². The highest BCUT2D eigenvalue weighted by Crippen LogP contribution is 2.47. The van der Waals surface area contributed by atoms with Crippen molar-refractivity contribution >= 4 is 61.7 Å². The van der Waals surface area contributed by atoms with Crippen LogP contribution in [0.1, 0.15) is 78.7 Å². The van der Waals surface area contributed by atoms with E-state index in [1.807, 2.05) is 131 Å². The first kappa shape index (κ1) is 39.3. The second-order valence-corrected chi connectivity index (χ2v) is 28.6. The van der Waals surface area contributed by atoms with Crippen LogP contribution < -0.4 is 30.1 Å². The molecule has 0 atom stereocenters. The molecule has 15 aromatic rings. The summed E-state index contributed by atoms with van der Waals surface area (Å²) >= 11 is 0. The van der Waals surface area contributed by atoms with E-state index in [1.165, 1.54) is 0 Å². The van der Waals surface area contributed by atoms with Gasteiger partial charge in [0.15, 0.2) is 8.07 Å². The maximum atomic E-state index is 11.1. The molecule has 0 saturated carbocycles. The number of para-hydroxylation sites is 2. The van der Waals surface area contributed by atoms with Crippen LogP contribution in [0.15, 0.2) is 303 Å². The van der Waals surface area contributed by atoms with Gasteiger partial charge in [0, 0.05) is 23.0 Å². The monoisotopic (exact) mass is 1220 g/mol. The van der Waals surface area contributed by atoms with Crippen molar-refractivity contribution in [1.82, 2.24) is 14.1 Å². The van der Waals surface area contributed by atoms with Crippen molar-refractivity contribution in [3.63, 3.8) is 0 Å². The Kier molecular flexibility index (Phi) is 9.49. The Morgan fingerprint density at radius 2 is 0.989 bits per heavy atom. The number of aromatic nitrogens is 4. The van der Waals surface area contributed by atoms with E-state index in [0.29, 0.717) is 44.9 Å². The first-order valence-corrected chi connectivity index (χ1v) is 32.4. The van der Waals surface area contributed by atoms with Crippen molar-refractivity contribution in [2.24, 2.45) is 0 Å². The molecule has 6 heteroatoms. The molecule has 5 nitrogen and oxygen atoms in total. The number of ether oxygens (including phenoxy) is 1. The fourth-order valence-electron chi connectivity index (χ4n) is 13.0. The topological polar surface area (TPSA) is 35.9 Å². The van der Waals surface area contributed by atoms with Gasteiger partial charge in [-0.2, -0.15) is 0 Å². The van der Waals surface area contributed by atoms with E-state index in [9.17, 15) is 21.9 Å². The summed E-state index contributed by atoms with van der Waals surface area (Å²) in [6.07, 6.45) is 5.61.